The molecule has 0 radical (unpaired) electrons. The van der Waals surface area contributed by atoms with Gasteiger partial charge in [0.15, 0.2) is 5.76 Å². The number of ether oxygens (including phenoxy) is 1. The molecule has 1 aliphatic rings. The molecule has 0 aliphatic carbocycles. The topological polar surface area (TPSA) is 118 Å². The lowest BCUT2D eigenvalue weighted by molar-refractivity contribution is -0.120. The highest BCUT2D eigenvalue weighted by Crippen LogP contribution is 2.21. The molecular weight excluding hydrogens is 386 g/mol. The molecule has 10 heteroatoms. The first kappa shape index (κ1) is 20.1. The zero-order valence-corrected chi connectivity index (χ0v) is 15.9. The number of nitrogens with one attached hydrogen (secondary N) is 2. The molecule has 1 aromatic carbocycles. The van der Waals surface area contributed by atoms with Gasteiger partial charge in [-0.15, -0.1) is 0 Å². The Morgan fingerprint density at radius 3 is 2.50 bits per heavy atom. The fraction of sp³-hybridized carbons (Fsp3) is 0.333. The second-order valence-corrected chi connectivity index (χ2v) is 7.97. The van der Waals surface area contributed by atoms with Crippen LogP contribution in [0.5, 0.6) is 0 Å². The monoisotopic (exact) mass is 407 g/mol. The number of nitrogens with zero attached hydrogens (tertiary/aromatic N) is 1. The van der Waals surface area contributed by atoms with Crippen molar-refractivity contribution in [1.29, 1.82) is 0 Å². The minimum atomic E-state index is -3.68. The van der Waals surface area contributed by atoms with Gasteiger partial charge in [0.2, 0.25) is 15.9 Å². The minimum Gasteiger partial charge on any atom is -0.459 e. The van der Waals surface area contributed by atoms with Gasteiger partial charge >= 0.3 is 0 Å². The fourth-order valence-corrected chi connectivity index (χ4v) is 4.37. The molecule has 0 atom stereocenters. The van der Waals surface area contributed by atoms with Crippen molar-refractivity contribution in [2.45, 2.75) is 11.4 Å². The molecule has 2 aromatic rings. The number of hydrogen-bond donors (Lipinski definition) is 2. The van der Waals surface area contributed by atoms with E-state index in [9.17, 15) is 18.0 Å². The average molecular weight is 407 g/mol. The van der Waals surface area contributed by atoms with Crippen LogP contribution in [0.2, 0.25) is 0 Å². The third kappa shape index (κ3) is 4.77. The lowest BCUT2D eigenvalue weighted by Crippen LogP contribution is -2.41. The second kappa shape index (κ2) is 9.00. The summed E-state index contributed by atoms with van der Waals surface area (Å²) < 4.78 is 37.3. The van der Waals surface area contributed by atoms with E-state index in [1.807, 2.05) is 0 Å². The van der Waals surface area contributed by atoms with Crippen LogP contribution in [0, 0.1) is 0 Å². The van der Waals surface area contributed by atoms with Gasteiger partial charge < -0.3 is 19.8 Å². The lowest BCUT2D eigenvalue weighted by atomic mass is 10.2. The van der Waals surface area contributed by atoms with Gasteiger partial charge in [0, 0.05) is 19.6 Å². The van der Waals surface area contributed by atoms with E-state index in [2.05, 4.69) is 10.6 Å². The van der Waals surface area contributed by atoms with E-state index in [1.165, 1.54) is 22.7 Å². The normalized spacial score (nSPS) is 15.1. The Kier molecular flexibility index (Phi) is 6.45. The van der Waals surface area contributed by atoms with Crippen molar-refractivity contribution < 1.29 is 27.2 Å². The first-order chi connectivity index (χ1) is 13.5. The molecule has 1 aliphatic heterocycles. The highest BCUT2D eigenvalue weighted by Gasteiger charge is 2.28. The number of carbonyl (C=O) groups is 2. The molecular formula is C18H21N3O6S. The van der Waals surface area contributed by atoms with Crippen LogP contribution in [0.25, 0.3) is 0 Å². The molecule has 1 saturated heterocycles. The number of furan rings is 1. The Bertz CT molecular complexity index is 921. The smallest absolute Gasteiger partial charge is 0.287 e. The van der Waals surface area contributed by atoms with Gasteiger partial charge in [-0.05, 0) is 23.8 Å². The quantitative estimate of drug-likeness (QED) is 0.684. The van der Waals surface area contributed by atoms with Crippen molar-refractivity contribution in [2.24, 2.45) is 0 Å². The van der Waals surface area contributed by atoms with Crippen molar-refractivity contribution in [1.82, 2.24) is 14.9 Å². The Labute approximate surface area is 162 Å². The average Bonchev–Trinajstić information content (AvgIpc) is 3.26. The van der Waals surface area contributed by atoms with Crippen molar-refractivity contribution in [3.63, 3.8) is 0 Å². The number of hydrogen-bond acceptors (Lipinski definition) is 6. The number of carbonyl (C=O) groups excluding carboxylic acids is 2. The predicted molar refractivity (Wildman–Crippen MR) is 98.9 cm³/mol. The number of rotatable bonds is 7. The van der Waals surface area contributed by atoms with Crippen molar-refractivity contribution in [2.75, 3.05) is 32.8 Å². The van der Waals surface area contributed by atoms with Gasteiger partial charge in [0.25, 0.3) is 5.91 Å². The lowest BCUT2D eigenvalue weighted by Gasteiger charge is -2.27. The molecule has 0 bridgehead atoms. The van der Waals surface area contributed by atoms with Crippen molar-refractivity contribution in [3.8, 4) is 0 Å². The maximum atomic E-state index is 12.9. The van der Waals surface area contributed by atoms with Crippen LogP contribution in [0.1, 0.15) is 16.1 Å². The molecule has 1 fully saturated rings. The second-order valence-electron chi connectivity index (χ2n) is 6.06. The molecule has 1 aromatic heterocycles. The van der Waals surface area contributed by atoms with Gasteiger partial charge in [0.1, 0.15) is 0 Å². The van der Waals surface area contributed by atoms with Gasteiger partial charge in [-0.25, -0.2) is 8.42 Å². The summed E-state index contributed by atoms with van der Waals surface area (Å²) in [5, 5.41) is 5.06. The Morgan fingerprint density at radius 2 is 1.79 bits per heavy atom. The summed E-state index contributed by atoms with van der Waals surface area (Å²) in [6, 6.07) is 9.57. The maximum absolute atomic E-state index is 12.9. The van der Waals surface area contributed by atoms with Gasteiger partial charge in [-0.2, -0.15) is 4.31 Å². The summed E-state index contributed by atoms with van der Waals surface area (Å²) >= 11 is 0. The van der Waals surface area contributed by atoms with Gasteiger partial charge in [-0.1, -0.05) is 18.2 Å². The van der Waals surface area contributed by atoms with Crippen molar-refractivity contribution >= 4 is 21.8 Å². The summed E-state index contributed by atoms with van der Waals surface area (Å²) in [6.45, 7) is 1.07. The highest BCUT2D eigenvalue weighted by atomic mass is 32.2. The zero-order chi connectivity index (χ0) is 20.0. The van der Waals surface area contributed by atoms with Crippen molar-refractivity contribution in [3.05, 3.63) is 54.0 Å². The van der Waals surface area contributed by atoms with Crippen LogP contribution in [0.3, 0.4) is 0 Å². The maximum Gasteiger partial charge on any atom is 0.287 e. The molecule has 150 valence electrons. The van der Waals surface area contributed by atoms with Crippen LogP contribution in [-0.2, 0) is 26.1 Å². The summed E-state index contributed by atoms with van der Waals surface area (Å²) in [5.41, 5.74) is 0.472. The largest absolute Gasteiger partial charge is 0.459 e. The van der Waals surface area contributed by atoms with Gasteiger partial charge in [0.05, 0.1) is 30.9 Å². The summed E-state index contributed by atoms with van der Waals surface area (Å²) in [4.78, 5) is 23.9. The first-order valence-corrected chi connectivity index (χ1v) is 10.2. The zero-order valence-electron chi connectivity index (χ0n) is 15.1. The third-order valence-corrected chi connectivity index (χ3v) is 6.19. The van der Waals surface area contributed by atoms with Crippen LogP contribution in [0.15, 0.2) is 52.0 Å². The van der Waals surface area contributed by atoms with E-state index < -0.39 is 21.8 Å². The van der Waals surface area contributed by atoms with E-state index in [-0.39, 0.29) is 23.7 Å². The van der Waals surface area contributed by atoms with E-state index in [1.54, 1.807) is 24.3 Å². The highest BCUT2D eigenvalue weighted by molar-refractivity contribution is 7.89. The van der Waals surface area contributed by atoms with E-state index in [4.69, 9.17) is 9.15 Å². The number of morpholine rings is 1. The molecule has 2 amide bonds. The number of benzene rings is 1. The third-order valence-electron chi connectivity index (χ3n) is 4.19. The SMILES string of the molecule is O=C(CNC(=O)c1ccco1)NCc1ccccc1S(=O)(=O)N1CCOCC1. The summed E-state index contributed by atoms with van der Waals surface area (Å²) in [6.07, 6.45) is 1.36. The molecule has 2 N–H and O–H groups in total. The molecule has 0 saturated carbocycles. The van der Waals surface area contributed by atoms with E-state index >= 15 is 0 Å². The van der Waals surface area contributed by atoms with Crippen LogP contribution < -0.4 is 10.6 Å². The summed E-state index contributed by atoms with van der Waals surface area (Å²) in [5.74, 6) is -0.844. The molecule has 3 rings (SSSR count). The Hall–Kier alpha value is -2.69. The number of sulfonamides is 1. The predicted octanol–water partition coefficient (Wildman–Crippen LogP) is 0.347. The van der Waals surface area contributed by atoms with Crippen LogP contribution in [0.4, 0.5) is 0 Å². The fourth-order valence-electron chi connectivity index (χ4n) is 2.74. The number of amides is 2. The molecule has 0 spiro atoms. The Balaban J connectivity index is 1.60. The van der Waals surface area contributed by atoms with Crippen LogP contribution >= 0.6 is 0 Å². The molecule has 0 unspecified atom stereocenters. The standard InChI is InChI=1S/C18H21N3O6S/c22-17(13-20-18(23)15-5-3-9-27-15)19-12-14-4-1-2-6-16(14)28(24,25)21-7-10-26-11-8-21/h1-6,9H,7-8,10-13H2,(H,19,22)(H,20,23). The van der Waals surface area contributed by atoms with Crippen LogP contribution in [-0.4, -0.2) is 57.4 Å². The Morgan fingerprint density at radius 1 is 1.04 bits per heavy atom. The molecule has 28 heavy (non-hydrogen) atoms. The van der Waals surface area contributed by atoms with E-state index in [0.717, 1.165) is 0 Å². The first-order valence-electron chi connectivity index (χ1n) is 8.72. The molecule has 2 heterocycles. The minimum absolute atomic E-state index is 0.0230. The molecule has 9 nitrogen and oxygen atoms in total. The summed E-state index contributed by atoms with van der Waals surface area (Å²) in [7, 11) is -3.68. The van der Waals surface area contributed by atoms with Gasteiger partial charge in [-0.3, -0.25) is 9.59 Å². The van der Waals surface area contributed by atoms with E-state index in [0.29, 0.717) is 31.9 Å².